The molecule has 0 saturated carbocycles. The van der Waals surface area contributed by atoms with Gasteiger partial charge in [0.25, 0.3) is 0 Å². The Morgan fingerprint density at radius 1 is 1.37 bits per heavy atom. The van der Waals surface area contributed by atoms with Crippen molar-refractivity contribution in [3.63, 3.8) is 0 Å². The Bertz CT molecular complexity index is 452. The fourth-order valence-electron chi connectivity index (χ4n) is 3.45. The third-order valence-electron chi connectivity index (χ3n) is 4.33. The lowest BCUT2D eigenvalue weighted by atomic mass is 9.88. The third-order valence-corrected chi connectivity index (χ3v) is 4.33. The molecule has 2 aliphatic rings. The molecule has 0 aromatic carbocycles. The number of aromatic nitrogens is 2. The van der Waals surface area contributed by atoms with Gasteiger partial charge in [-0.2, -0.15) is 4.98 Å². The van der Waals surface area contributed by atoms with Crippen molar-refractivity contribution in [3.8, 4) is 0 Å². The van der Waals surface area contributed by atoms with Gasteiger partial charge in [-0.25, -0.2) is 0 Å². The van der Waals surface area contributed by atoms with Crippen LogP contribution in [0, 0.1) is 5.41 Å². The summed E-state index contributed by atoms with van der Waals surface area (Å²) in [5.74, 6) is 1.84. The second-order valence-electron chi connectivity index (χ2n) is 6.86. The Hall–Kier alpha value is -0.940. The molecule has 19 heavy (non-hydrogen) atoms. The van der Waals surface area contributed by atoms with E-state index in [9.17, 15) is 0 Å². The monoisotopic (exact) mass is 265 g/mol. The fourth-order valence-corrected chi connectivity index (χ4v) is 3.45. The molecule has 1 aromatic heterocycles. The summed E-state index contributed by atoms with van der Waals surface area (Å²) < 4.78 is 11.0. The van der Waals surface area contributed by atoms with E-state index in [1.165, 1.54) is 12.8 Å². The van der Waals surface area contributed by atoms with Crippen LogP contribution in [0.5, 0.6) is 0 Å². The molecular formula is C14H23N3O2. The molecule has 2 bridgehead atoms. The van der Waals surface area contributed by atoms with Gasteiger partial charge in [-0.15, -0.1) is 0 Å². The molecule has 5 heteroatoms. The van der Waals surface area contributed by atoms with Gasteiger partial charge in [0.05, 0.1) is 5.92 Å². The van der Waals surface area contributed by atoms with Crippen LogP contribution < -0.4 is 5.32 Å². The number of nitrogens with zero attached hydrogens (tertiary/aromatic N) is 2. The Balaban J connectivity index is 1.79. The van der Waals surface area contributed by atoms with Crippen molar-refractivity contribution in [1.82, 2.24) is 15.5 Å². The maximum absolute atomic E-state index is 5.54. The largest absolute Gasteiger partial charge is 0.373 e. The van der Waals surface area contributed by atoms with Crippen LogP contribution in [-0.4, -0.2) is 29.3 Å². The zero-order valence-corrected chi connectivity index (χ0v) is 12.1. The van der Waals surface area contributed by atoms with E-state index in [0.717, 1.165) is 12.3 Å². The summed E-state index contributed by atoms with van der Waals surface area (Å²) in [6.45, 7) is 6.36. The van der Waals surface area contributed by atoms with Gasteiger partial charge in [0, 0.05) is 19.2 Å². The molecule has 1 N–H and O–H groups in total. The third kappa shape index (κ3) is 2.30. The van der Waals surface area contributed by atoms with Crippen molar-refractivity contribution in [2.24, 2.45) is 5.41 Å². The quantitative estimate of drug-likeness (QED) is 0.909. The zero-order valence-electron chi connectivity index (χ0n) is 12.1. The van der Waals surface area contributed by atoms with Crippen LogP contribution in [0.2, 0.25) is 0 Å². The van der Waals surface area contributed by atoms with Crippen molar-refractivity contribution in [2.45, 2.75) is 64.1 Å². The standard InChI is InChI=1S/C14H23N3O2/c1-14(2,3)11(18-4)12-16-13(19-17-12)9-7-8-5-6-10(9)15-8/h8-11,15H,5-7H2,1-4H3. The van der Waals surface area contributed by atoms with Crippen molar-refractivity contribution in [1.29, 1.82) is 0 Å². The fraction of sp³-hybridized carbons (Fsp3) is 0.857. The normalized spacial score (nSPS) is 31.9. The first-order valence-corrected chi connectivity index (χ1v) is 7.11. The molecule has 4 atom stereocenters. The van der Waals surface area contributed by atoms with Crippen LogP contribution in [-0.2, 0) is 4.74 Å². The number of fused-ring (bicyclic) bond motifs is 2. The van der Waals surface area contributed by atoms with E-state index in [4.69, 9.17) is 9.26 Å². The number of ether oxygens (including phenoxy) is 1. The minimum Gasteiger partial charge on any atom is -0.373 e. The Kier molecular flexibility index (Phi) is 3.14. The van der Waals surface area contributed by atoms with Crippen molar-refractivity contribution < 1.29 is 9.26 Å². The van der Waals surface area contributed by atoms with Crippen molar-refractivity contribution >= 4 is 0 Å². The first-order chi connectivity index (χ1) is 8.99. The molecular weight excluding hydrogens is 242 g/mol. The average molecular weight is 265 g/mol. The maximum atomic E-state index is 5.54. The maximum Gasteiger partial charge on any atom is 0.231 e. The summed E-state index contributed by atoms with van der Waals surface area (Å²) in [5, 5.41) is 7.74. The highest BCUT2D eigenvalue weighted by Crippen LogP contribution is 2.40. The lowest BCUT2D eigenvalue weighted by molar-refractivity contribution is 0.00718. The van der Waals surface area contributed by atoms with Gasteiger partial charge in [0.15, 0.2) is 0 Å². The van der Waals surface area contributed by atoms with Gasteiger partial charge in [-0.3, -0.25) is 0 Å². The summed E-state index contributed by atoms with van der Waals surface area (Å²) in [4.78, 5) is 4.61. The van der Waals surface area contributed by atoms with Crippen molar-refractivity contribution in [2.75, 3.05) is 7.11 Å². The van der Waals surface area contributed by atoms with Crippen LogP contribution in [0.15, 0.2) is 4.52 Å². The molecule has 2 fully saturated rings. The van der Waals surface area contributed by atoms with E-state index in [-0.39, 0.29) is 11.5 Å². The summed E-state index contributed by atoms with van der Waals surface area (Å²) in [7, 11) is 1.70. The van der Waals surface area contributed by atoms with Crippen LogP contribution in [0.3, 0.4) is 0 Å². The molecule has 3 rings (SSSR count). The predicted octanol–water partition coefficient (Wildman–Crippen LogP) is 2.41. The first-order valence-electron chi connectivity index (χ1n) is 7.11. The van der Waals surface area contributed by atoms with E-state index in [1.54, 1.807) is 7.11 Å². The average Bonchev–Trinajstić information content (AvgIpc) is 3.02. The van der Waals surface area contributed by atoms with E-state index >= 15 is 0 Å². The number of nitrogens with one attached hydrogen (secondary N) is 1. The molecule has 1 aromatic rings. The second-order valence-corrected chi connectivity index (χ2v) is 6.86. The molecule has 5 nitrogen and oxygen atoms in total. The minimum atomic E-state index is -0.128. The van der Waals surface area contributed by atoms with E-state index in [1.807, 2.05) is 0 Å². The molecule has 0 radical (unpaired) electrons. The zero-order chi connectivity index (χ0) is 13.6. The van der Waals surface area contributed by atoms with E-state index < -0.39 is 0 Å². The van der Waals surface area contributed by atoms with Gasteiger partial charge < -0.3 is 14.6 Å². The SMILES string of the molecule is COC(c1noc(C2CC3CCC2N3)n1)C(C)(C)C. The number of rotatable bonds is 3. The Morgan fingerprint density at radius 2 is 2.16 bits per heavy atom. The molecule has 4 unspecified atom stereocenters. The highest BCUT2D eigenvalue weighted by atomic mass is 16.5. The Morgan fingerprint density at radius 3 is 2.68 bits per heavy atom. The second kappa shape index (κ2) is 4.56. The van der Waals surface area contributed by atoms with E-state index in [2.05, 4.69) is 36.2 Å². The lowest BCUT2D eigenvalue weighted by Crippen LogP contribution is -2.23. The van der Waals surface area contributed by atoms with Crippen LogP contribution in [0.1, 0.15) is 63.8 Å². The molecule has 106 valence electrons. The van der Waals surface area contributed by atoms with Crippen LogP contribution in [0.4, 0.5) is 0 Å². The lowest BCUT2D eigenvalue weighted by Gasteiger charge is -2.26. The predicted molar refractivity (Wildman–Crippen MR) is 70.8 cm³/mol. The minimum absolute atomic E-state index is 0.0389. The topological polar surface area (TPSA) is 60.2 Å². The van der Waals surface area contributed by atoms with Gasteiger partial charge in [-0.1, -0.05) is 25.9 Å². The molecule has 0 amide bonds. The summed E-state index contributed by atoms with van der Waals surface area (Å²) in [6, 6.07) is 1.17. The van der Waals surface area contributed by atoms with E-state index in [0.29, 0.717) is 23.8 Å². The van der Waals surface area contributed by atoms with Gasteiger partial charge in [0.2, 0.25) is 11.7 Å². The molecule has 0 spiro atoms. The molecule has 3 heterocycles. The highest BCUT2D eigenvalue weighted by molar-refractivity contribution is 5.11. The van der Waals surface area contributed by atoms with Gasteiger partial charge >= 0.3 is 0 Å². The number of hydrogen-bond acceptors (Lipinski definition) is 5. The molecule has 2 aliphatic heterocycles. The van der Waals surface area contributed by atoms with Crippen LogP contribution >= 0.6 is 0 Å². The van der Waals surface area contributed by atoms with Gasteiger partial charge in [-0.05, 0) is 24.7 Å². The smallest absolute Gasteiger partial charge is 0.231 e. The molecule has 2 saturated heterocycles. The summed E-state index contributed by atoms with van der Waals surface area (Å²) in [6.07, 6.45) is 3.50. The Labute approximate surface area is 114 Å². The highest BCUT2D eigenvalue weighted by Gasteiger charge is 2.43. The molecule has 0 aliphatic carbocycles. The summed E-state index contributed by atoms with van der Waals surface area (Å²) >= 11 is 0. The number of hydrogen-bond donors (Lipinski definition) is 1. The number of methoxy groups -OCH3 is 1. The summed E-state index contributed by atoms with van der Waals surface area (Å²) in [5.41, 5.74) is -0.0389. The van der Waals surface area contributed by atoms with Crippen LogP contribution in [0.25, 0.3) is 0 Å². The van der Waals surface area contributed by atoms with Gasteiger partial charge in [0.1, 0.15) is 6.10 Å². The van der Waals surface area contributed by atoms with Crippen molar-refractivity contribution in [3.05, 3.63) is 11.7 Å². The first kappa shape index (κ1) is 13.1.